The quantitative estimate of drug-likeness (QED) is 0.424. The van der Waals surface area contributed by atoms with Gasteiger partial charge in [0.1, 0.15) is 6.54 Å². The highest BCUT2D eigenvalue weighted by Crippen LogP contribution is 2.64. The summed E-state index contributed by atoms with van der Waals surface area (Å²) in [4.78, 5) is 27.2. The predicted molar refractivity (Wildman–Crippen MR) is 138 cm³/mol. The lowest BCUT2D eigenvalue weighted by Crippen LogP contribution is -2.34. The number of benzene rings is 2. The van der Waals surface area contributed by atoms with E-state index in [9.17, 15) is 9.59 Å². The third-order valence-electron chi connectivity index (χ3n) is 7.54. The molecule has 0 saturated heterocycles. The van der Waals surface area contributed by atoms with E-state index >= 15 is 0 Å². The highest BCUT2D eigenvalue weighted by Gasteiger charge is 2.55. The zero-order valence-electron chi connectivity index (χ0n) is 18.3. The van der Waals surface area contributed by atoms with E-state index in [1.807, 2.05) is 43.0 Å². The Morgan fingerprint density at radius 3 is 2.73 bits per heavy atom. The fourth-order valence-corrected chi connectivity index (χ4v) is 9.71. The van der Waals surface area contributed by atoms with Gasteiger partial charge in [-0.25, -0.2) is 0 Å². The van der Waals surface area contributed by atoms with Gasteiger partial charge in [0.2, 0.25) is 5.91 Å². The maximum atomic E-state index is 13.2. The van der Waals surface area contributed by atoms with Crippen LogP contribution in [0.2, 0.25) is 0 Å². The average molecular weight is 542 g/mol. The Morgan fingerprint density at radius 2 is 1.94 bits per heavy atom. The summed E-state index contributed by atoms with van der Waals surface area (Å²) >= 11 is 6.87. The van der Waals surface area contributed by atoms with Crippen molar-refractivity contribution < 1.29 is 4.79 Å². The Bertz CT molecular complexity index is 1280. The summed E-state index contributed by atoms with van der Waals surface area (Å²) < 4.78 is 2.80. The van der Waals surface area contributed by atoms with Crippen LogP contribution in [-0.2, 0) is 11.3 Å². The van der Waals surface area contributed by atoms with Crippen LogP contribution in [0, 0.1) is 24.7 Å². The molecule has 4 unspecified atom stereocenters. The second-order valence-corrected chi connectivity index (χ2v) is 12.6. The number of fused-ring (bicyclic) bond motifs is 6. The topological polar surface area (TPSA) is 51.1 Å². The van der Waals surface area contributed by atoms with Crippen LogP contribution >= 0.6 is 39.0 Å². The Kier molecular flexibility index (Phi) is 5.54. The molecule has 6 rings (SSSR count). The van der Waals surface area contributed by atoms with E-state index < -0.39 is 0 Å². The second-order valence-electron chi connectivity index (χ2n) is 9.56. The monoisotopic (exact) mass is 540 g/mol. The number of amides is 1. The molecular formula is C26H25BrN2O2S2. The maximum absolute atomic E-state index is 13.2. The molecule has 3 aromatic rings. The summed E-state index contributed by atoms with van der Waals surface area (Å²) in [5.41, 5.74) is 3.19. The van der Waals surface area contributed by atoms with Crippen LogP contribution in [0.4, 0.5) is 5.69 Å². The second kappa shape index (κ2) is 8.43. The molecule has 7 heteroatoms. The summed E-state index contributed by atoms with van der Waals surface area (Å²) in [5.74, 6) is 2.11. The van der Waals surface area contributed by atoms with Crippen molar-refractivity contribution in [1.82, 2.24) is 4.57 Å². The number of nitrogens with zero attached hydrogens (tertiary/aromatic N) is 1. The first-order chi connectivity index (χ1) is 16.0. The summed E-state index contributed by atoms with van der Waals surface area (Å²) in [6.45, 7) is 2.08. The molecule has 1 N–H and O–H groups in total. The molecule has 33 heavy (non-hydrogen) atoms. The number of halogens is 1. The minimum atomic E-state index is -0.156. The number of aryl methyl sites for hydroxylation is 1. The summed E-state index contributed by atoms with van der Waals surface area (Å²) in [6.07, 6.45) is 3.91. The van der Waals surface area contributed by atoms with Crippen LogP contribution in [0.25, 0.3) is 0 Å². The minimum Gasteiger partial charge on any atom is -0.325 e. The van der Waals surface area contributed by atoms with Crippen LogP contribution < -0.4 is 10.2 Å². The number of nitrogens with one attached hydrogen (secondary N) is 1. The number of thioether (sulfide) groups is 1. The smallest absolute Gasteiger partial charge is 0.308 e. The molecule has 0 radical (unpaired) electrons. The molecule has 2 aliphatic carbocycles. The molecule has 2 fully saturated rings. The van der Waals surface area contributed by atoms with Gasteiger partial charge in [0.05, 0.1) is 5.03 Å². The van der Waals surface area contributed by atoms with E-state index in [0.717, 1.165) is 37.5 Å². The number of hydrogen-bond acceptors (Lipinski definition) is 4. The first-order valence-electron chi connectivity index (χ1n) is 11.5. The van der Waals surface area contributed by atoms with Crippen LogP contribution in [0.15, 0.2) is 62.8 Å². The van der Waals surface area contributed by atoms with E-state index in [-0.39, 0.29) is 23.2 Å². The molecule has 4 nitrogen and oxygen atoms in total. The number of carbonyl (C=O) groups is 1. The molecule has 2 heterocycles. The summed E-state index contributed by atoms with van der Waals surface area (Å²) in [6, 6.07) is 16.3. The standard InChI is InChI=1S/C26H25BrN2O2S2/c1-14-5-9-19(10-6-14)28-20(30)13-29-25-24(33-26(29)31)22(15-3-2-4-18(27)12-15)21-16-7-8-17(11-16)23(21)32-25/h2-6,9-10,12,16-17,21-23H,7-8,11,13H2,1H3,(H,28,30)/t16?,17?,21?,22-,23?/m0/s1. The van der Waals surface area contributed by atoms with Crippen LogP contribution in [0.3, 0.4) is 0 Å². The minimum absolute atomic E-state index is 0.0288. The largest absolute Gasteiger partial charge is 0.325 e. The van der Waals surface area contributed by atoms with Gasteiger partial charge >= 0.3 is 4.87 Å². The van der Waals surface area contributed by atoms with Gasteiger partial charge < -0.3 is 5.32 Å². The van der Waals surface area contributed by atoms with Crippen LogP contribution in [0.1, 0.15) is 41.2 Å². The third kappa shape index (κ3) is 3.82. The lowest BCUT2D eigenvalue weighted by molar-refractivity contribution is -0.116. The Labute approximate surface area is 209 Å². The normalized spacial score (nSPS) is 27.3. The van der Waals surface area contributed by atoms with Crippen molar-refractivity contribution in [2.24, 2.45) is 17.8 Å². The van der Waals surface area contributed by atoms with Crippen molar-refractivity contribution in [2.75, 3.05) is 5.32 Å². The van der Waals surface area contributed by atoms with Gasteiger partial charge in [-0.05, 0) is 73.8 Å². The number of thiazole rings is 1. The third-order valence-corrected chi connectivity index (χ3v) is 10.9. The van der Waals surface area contributed by atoms with Crippen LogP contribution in [0.5, 0.6) is 0 Å². The predicted octanol–water partition coefficient (Wildman–Crippen LogP) is 6.27. The maximum Gasteiger partial charge on any atom is 0.308 e. The fourth-order valence-electron chi connectivity index (χ4n) is 6.14. The van der Waals surface area contributed by atoms with Crippen molar-refractivity contribution in [3.05, 3.63) is 78.7 Å². The van der Waals surface area contributed by atoms with E-state index in [4.69, 9.17) is 0 Å². The van der Waals surface area contributed by atoms with Gasteiger partial charge in [-0.15, -0.1) is 11.8 Å². The van der Waals surface area contributed by atoms with Crippen molar-refractivity contribution in [3.63, 3.8) is 0 Å². The number of aromatic nitrogens is 1. The number of rotatable bonds is 4. The molecule has 2 bridgehead atoms. The zero-order chi connectivity index (χ0) is 22.7. The fraction of sp³-hybridized carbons (Fsp3) is 0.385. The molecule has 3 aliphatic rings. The summed E-state index contributed by atoms with van der Waals surface area (Å²) in [7, 11) is 0. The van der Waals surface area contributed by atoms with Gasteiger partial charge in [-0.1, -0.05) is 57.1 Å². The van der Waals surface area contributed by atoms with E-state index in [2.05, 4.69) is 45.5 Å². The van der Waals surface area contributed by atoms with Crippen molar-refractivity contribution in [1.29, 1.82) is 0 Å². The van der Waals surface area contributed by atoms with Gasteiger partial charge in [0.25, 0.3) is 0 Å². The molecule has 0 spiro atoms. The number of carbonyl (C=O) groups excluding carboxylic acids is 1. The first-order valence-corrected chi connectivity index (χ1v) is 14.0. The number of anilines is 1. The Balaban J connectivity index is 1.37. The first kappa shape index (κ1) is 21.7. The van der Waals surface area contributed by atoms with Crippen LogP contribution in [-0.4, -0.2) is 15.7 Å². The zero-order valence-corrected chi connectivity index (χ0v) is 21.5. The van der Waals surface area contributed by atoms with Crippen molar-refractivity contribution >= 4 is 50.6 Å². The molecule has 2 saturated carbocycles. The lowest BCUT2D eigenvalue weighted by Gasteiger charge is -2.40. The molecule has 5 atom stereocenters. The SMILES string of the molecule is Cc1ccc(NC(=O)Cn2c3c(sc2=O)[C@@H](c2cccc(Br)c2)C2C4CCC(C4)C2S3)cc1. The molecule has 1 aliphatic heterocycles. The molecular weight excluding hydrogens is 516 g/mol. The average Bonchev–Trinajstić information content (AvgIpc) is 3.48. The Morgan fingerprint density at radius 1 is 1.15 bits per heavy atom. The van der Waals surface area contributed by atoms with Gasteiger partial charge in [0.15, 0.2) is 0 Å². The summed E-state index contributed by atoms with van der Waals surface area (Å²) in [5, 5.41) is 4.50. The highest BCUT2D eigenvalue weighted by molar-refractivity contribution is 9.10. The number of hydrogen-bond donors (Lipinski definition) is 1. The van der Waals surface area contributed by atoms with Gasteiger partial charge in [-0.3, -0.25) is 14.2 Å². The molecule has 1 amide bonds. The van der Waals surface area contributed by atoms with Crippen molar-refractivity contribution in [3.8, 4) is 0 Å². The Hall–Kier alpha value is -1.83. The van der Waals surface area contributed by atoms with E-state index in [1.165, 1.54) is 36.2 Å². The lowest BCUT2D eigenvalue weighted by atomic mass is 9.75. The van der Waals surface area contributed by atoms with Gasteiger partial charge in [-0.2, -0.15) is 0 Å². The molecule has 2 aromatic carbocycles. The van der Waals surface area contributed by atoms with E-state index in [0.29, 0.717) is 11.2 Å². The van der Waals surface area contributed by atoms with Gasteiger partial charge in [0, 0.05) is 26.2 Å². The molecule has 170 valence electrons. The highest BCUT2D eigenvalue weighted by atomic mass is 79.9. The van der Waals surface area contributed by atoms with E-state index in [1.54, 1.807) is 4.57 Å². The van der Waals surface area contributed by atoms with Crippen molar-refractivity contribution in [2.45, 2.75) is 48.9 Å². The molecule has 1 aromatic heterocycles.